The monoisotopic (exact) mass is 490 g/mol. The minimum atomic E-state index is -4.71. The molecule has 0 radical (unpaired) electrons. The Morgan fingerprint density at radius 2 is 1.78 bits per heavy atom. The first-order valence-corrected chi connectivity index (χ1v) is 10.8. The number of hydrogen-bond donors (Lipinski definition) is 2. The molecule has 0 spiro atoms. The number of anilines is 1. The van der Waals surface area contributed by atoms with Gasteiger partial charge in [0.2, 0.25) is 10.0 Å². The van der Waals surface area contributed by atoms with Gasteiger partial charge in [-0.2, -0.15) is 13.2 Å². The standard InChI is InChI=1S/C20H18ClF3N2O5S/c1-13-2-4-14(5-3-13)8-9-32(29,30)25-11-19(28)31-12-18(27)26-15-6-7-17(21)16(10-15)20(22,23)24/h2-10,25H,11-12H2,1H3,(H,26,27)/b9-8+. The summed E-state index contributed by atoms with van der Waals surface area (Å²) in [6.07, 6.45) is -3.38. The van der Waals surface area contributed by atoms with Gasteiger partial charge in [-0.05, 0) is 36.8 Å². The number of carbonyl (C=O) groups is 2. The molecule has 172 valence electrons. The molecule has 0 aliphatic carbocycles. The highest BCUT2D eigenvalue weighted by molar-refractivity contribution is 7.92. The van der Waals surface area contributed by atoms with Gasteiger partial charge in [-0.25, -0.2) is 13.1 Å². The Hall–Kier alpha value is -2.89. The fourth-order valence-corrected chi connectivity index (χ4v) is 3.24. The molecule has 0 fully saturated rings. The number of benzene rings is 2. The van der Waals surface area contributed by atoms with Crippen LogP contribution in [0.3, 0.4) is 0 Å². The highest BCUT2D eigenvalue weighted by Crippen LogP contribution is 2.36. The summed E-state index contributed by atoms with van der Waals surface area (Å²) in [4.78, 5) is 23.5. The van der Waals surface area contributed by atoms with E-state index in [1.54, 1.807) is 24.3 Å². The van der Waals surface area contributed by atoms with Crippen molar-refractivity contribution in [2.45, 2.75) is 13.1 Å². The second-order valence-electron chi connectivity index (χ2n) is 6.48. The van der Waals surface area contributed by atoms with Gasteiger partial charge < -0.3 is 10.1 Å². The van der Waals surface area contributed by atoms with Crippen molar-refractivity contribution in [3.63, 3.8) is 0 Å². The molecule has 0 atom stereocenters. The van der Waals surface area contributed by atoms with Gasteiger partial charge in [0.05, 0.1) is 10.6 Å². The maximum Gasteiger partial charge on any atom is 0.417 e. The normalized spacial score (nSPS) is 12.0. The zero-order chi connectivity index (χ0) is 23.9. The largest absolute Gasteiger partial charge is 0.455 e. The number of hydrogen-bond acceptors (Lipinski definition) is 5. The number of rotatable bonds is 8. The fourth-order valence-electron chi connectivity index (χ4n) is 2.27. The van der Waals surface area contributed by atoms with Crippen molar-refractivity contribution in [1.82, 2.24) is 4.72 Å². The summed E-state index contributed by atoms with van der Waals surface area (Å²) in [6, 6.07) is 9.78. The molecule has 2 aromatic carbocycles. The smallest absolute Gasteiger partial charge is 0.417 e. The van der Waals surface area contributed by atoms with Crippen LogP contribution in [-0.2, 0) is 30.5 Å². The van der Waals surface area contributed by atoms with Crippen molar-refractivity contribution >= 4 is 45.3 Å². The van der Waals surface area contributed by atoms with Crippen LogP contribution in [-0.4, -0.2) is 33.4 Å². The van der Waals surface area contributed by atoms with E-state index >= 15 is 0 Å². The Morgan fingerprint density at radius 3 is 2.41 bits per heavy atom. The molecule has 0 heterocycles. The van der Waals surface area contributed by atoms with Gasteiger partial charge in [0.15, 0.2) is 6.61 Å². The van der Waals surface area contributed by atoms with E-state index in [1.165, 1.54) is 6.08 Å². The van der Waals surface area contributed by atoms with E-state index in [1.807, 2.05) is 11.6 Å². The van der Waals surface area contributed by atoms with Gasteiger partial charge in [0.25, 0.3) is 5.91 Å². The minimum Gasteiger partial charge on any atom is -0.455 e. The predicted octanol–water partition coefficient (Wildman–Crippen LogP) is 3.74. The summed E-state index contributed by atoms with van der Waals surface area (Å²) in [6.45, 7) is 0.309. The van der Waals surface area contributed by atoms with Crippen molar-refractivity contribution in [3.05, 3.63) is 69.6 Å². The molecule has 2 N–H and O–H groups in total. The Kier molecular flexibility index (Phi) is 8.42. The maximum atomic E-state index is 12.8. The summed E-state index contributed by atoms with van der Waals surface area (Å²) in [7, 11) is -3.95. The van der Waals surface area contributed by atoms with Crippen LogP contribution in [0.15, 0.2) is 47.9 Å². The third-order valence-electron chi connectivity index (χ3n) is 3.85. The first kappa shape index (κ1) is 25.4. The lowest BCUT2D eigenvalue weighted by atomic mass is 10.2. The lowest BCUT2D eigenvalue weighted by Crippen LogP contribution is -2.31. The average Bonchev–Trinajstić information content (AvgIpc) is 2.71. The number of halogens is 4. The van der Waals surface area contributed by atoms with Crippen molar-refractivity contribution in [3.8, 4) is 0 Å². The number of aryl methyl sites for hydroxylation is 1. The average molecular weight is 491 g/mol. The molecule has 2 aromatic rings. The van der Waals surface area contributed by atoms with Gasteiger partial charge in [0.1, 0.15) is 6.54 Å². The van der Waals surface area contributed by atoms with Crippen LogP contribution in [0.4, 0.5) is 18.9 Å². The van der Waals surface area contributed by atoms with E-state index in [2.05, 4.69) is 10.1 Å². The molecule has 0 unspecified atom stereocenters. The number of nitrogens with one attached hydrogen (secondary N) is 2. The third kappa shape index (κ3) is 8.33. The molecule has 0 aliphatic heterocycles. The second-order valence-corrected chi connectivity index (χ2v) is 8.54. The number of esters is 1. The van der Waals surface area contributed by atoms with E-state index in [4.69, 9.17) is 11.6 Å². The van der Waals surface area contributed by atoms with Crippen LogP contribution in [0.2, 0.25) is 5.02 Å². The van der Waals surface area contributed by atoms with Crippen molar-refractivity contribution in [2.24, 2.45) is 0 Å². The highest BCUT2D eigenvalue weighted by Gasteiger charge is 2.33. The Morgan fingerprint density at radius 1 is 1.12 bits per heavy atom. The molecule has 1 amide bonds. The van der Waals surface area contributed by atoms with E-state index in [9.17, 15) is 31.2 Å². The quantitative estimate of drug-likeness (QED) is 0.549. The molecule has 0 saturated heterocycles. The van der Waals surface area contributed by atoms with Gasteiger partial charge in [0, 0.05) is 11.1 Å². The zero-order valence-corrected chi connectivity index (χ0v) is 18.1. The Bertz CT molecular complexity index is 1120. The molecular weight excluding hydrogens is 473 g/mol. The van der Waals surface area contributed by atoms with Crippen LogP contribution < -0.4 is 10.0 Å². The highest BCUT2D eigenvalue weighted by atomic mass is 35.5. The number of ether oxygens (including phenoxy) is 1. The molecule has 0 aliphatic rings. The van der Waals surface area contributed by atoms with Gasteiger partial charge >= 0.3 is 12.1 Å². The number of carbonyl (C=O) groups excluding carboxylic acids is 2. The molecule has 2 rings (SSSR count). The lowest BCUT2D eigenvalue weighted by Gasteiger charge is -2.12. The summed E-state index contributed by atoms with van der Waals surface area (Å²) < 4.78 is 68.9. The zero-order valence-electron chi connectivity index (χ0n) is 16.6. The van der Waals surface area contributed by atoms with Crippen molar-refractivity contribution < 1.29 is 35.9 Å². The predicted molar refractivity (Wildman–Crippen MR) is 113 cm³/mol. The fraction of sp³-hybridized carbons (Fsp3) is 0.200. The Labute approximate surface area is 187 Å². The lowest BCUT2D eigenvalue weighted by molar-refractivity contribution is -0.146. The second kappa shape index (κ2) is 10.6. The van der Waals surface area contributed by atoms with Crippen LogP contribution in [0.25, 0.3) is 6.08 Å². The topological polar surface area (TPSA) is 102 Å². The van der Waals surface area contributed by atoms with Crippen molar-refractivity contribution in [1.29, 1.82) is 0 Å². The first-order valence-electron chi connectivity index (χ1n) is 8.92. The van der Waals surface area contributed by atoms with E-state index < -0.39 is 51.8 Å². The SMILES string of the molecule is Cc1ccc(/C=C/S(=O)(=O)NCC(=O)OCC(=O)Nc2ccc(Cl)c(C(F)(F)F)c2)cc1. The molecule has 0 aromatic heterocycles. The van der Waals surface area contributed by atoms with Crippen LogP contribution in [0.5, 0.6) is 0 Å². The number of sulfonamides is 1. The summed E-state index contributed by atoms with van der Waals surface area (Å²) in [5.74, 6) is -1.98. The summed E-state index contributed by atoms with van der Waals surface area (Å²) in [5.41, 5.74) is 0.301. The van der Waals surface area contributed by atoms with Gasteiger partial charge in [-0.1, -0.05) is 41.4 Å². The molecule has 32 heavy (non-hydrogen) atoms. The molecule has 12 heteroatoms. The Balaban J connectivity index is 1.82. The minimum absolute atomic E-state index is 0.204. The summed E-state index contributed by atoms with van der Waals surface area (Å²) >= 11 is 5.49. The van der Waals surface area contributed by atoms with Crippen molar-refractivity contribution in [2.75, 3.05) is 18.5 Å². The van der Waals surface area contributed by atoms with Crippen LogP contribution in [0, 0.1) is 6.92 Å². The molecule has 0 saturated carbocycles. The van der Waals surface area contributed by atoms with Crippen LogP contribution in [0.1, 0.15) is 16.7 Å². The van der Waals surface area contributed by atoms with E-state index in [0.717, 1.165) is 23.1 Å². The number of alkyl halides is 3. The molecule has 0 bridgehead atoms. The van der Waals surface area contributed by atoms with Crippen LogP contribution >= 0.6 is 11.6 Å². The van der Waals surface area contributed by atoms with E-state index in [0.29, 0.717) is 11.6 Å². The summed E-state index contributed by atoms with van der Waals surface area (Å²) in [5, 5.41) is 2.46. The number of amides is 1. The molecular formula is C20H18ClF3N2O5S. The third-order valence-corrected chi connectivity index (χ3v) is 5.23. The molecule has 7 nitrogen and oxygen atoms in total. The van der Waals surface area contributed by atoms with E-state index in [-0.39, 0.29) is 5.69 Å². The maximum absolute atomic E-state index is 12.8. The van der Waals surface area contributed by atoms with Gasteiger partial charge in [-0.15, -0.1) is 0 Å². The first-order chi connectivity index (χ1) is 14.9. The van der Waals surface area contributed by atoms with Gasteiger partial charge in [-0.3, -0.25) is 9.59 Å².